The predicted octanol–water partition coefficient (Wildman–Crippen LogP) is 0.650. The number of rotatable bonds is 2. The van der Waals surface area contributed by atoms with Gasteiger partial charge in [0.1, 0.15) is 10.6 Å². The van der Waals surface area contributed by atoms with Gasteiger partial charge in [-0.25, -0.2) is 8.42 Å². The molecule has 0 radical (unpaired) electrons. The Balaban J connectivity index is 3.71. The number of nitriles is 1. The largest absolute Gasteiger partial charge is 0.507 e. The maximum absolute atomic E-state index is 11.1. The van der Waals surface area contributed by atoms with Crippen molar-refractivity contribution < 1.29 is 13.5 Å². The summed E-state index contributed by atoms with van der Waals surface area (Å²) in [4.78, 5) is -0.495. The van der Waals surface area contributed by atoms with Gasteiger partial charge in [0, 0.05) is 22.8 Å². The molecule has 15 heavy (non-hydrogen) atoms. The van der Waals surface area contributed by atoms with Crippen LogP contribution in [0.3, 0.4) is 0 Å². The van der Waals surface area contributed by atoms with Crippen LogP contribution in [-0.2, 0) is 15.6 Å². The van der Waals surface area contributed by atoms with Gasteiger partial charge in [-0.05, 0) is 12.1 Å². The average molecular weight is 247 g/mol. The van der Waals surface area contributed by atoms with Crippen molar-refractivity contribution >= 4 is 19.7 Å². The van der Waals surface area contributed by atoms with E-state index in [1.807, 2.05) is 0 Å². The smallest absolute Gasteiger partial charge is 0.265 e. The molecule has 7 heteroatoms. The van der Waals surface area contributed by atoms with Crippen LogP contribution in [0.5, 0.6) is 5.75 Å². The van der Waals surface area contributed by atoms with Gasteiger partial charge >= 0.3 is 0 Å². The topological polar surface area (TPSA) is 104 Å². The highest BCUT2D eigenvalue weighted by Gasteiger charge is 2.22. The molecule has 0 aliphatic carbocycles. The fraction of sp³-hybridized carbons (Fsp3) is 0.125. The van der Waals surface area contributed by atoms with E-state index in [-0.39, 0.29) is 17.7 Å². The van der Waals surface area contributed by atoms with E-state index in [2.05, 4.69) is 0 Å². The summed E-state index contributed by atoms with van der Waals surface area (Å²) in [5.41, 5.74) is 5.41. The zero-order valence-electron chi connectivity index (χ0n) is 7.44. The van der Waals surface area contributed by atoms with E-state index >= 15 is 0 Å². The van der Waals surface area contributed by atoms with Crippen LogP contribution >= 0.6 is 10.7 Å². The van der Waals surface area contributed by atoms with Crippen LogP contribution in [0.4, 0.5) is 0 Å². The Kier molecular flexibility index (Phi) is 3.19. The number of aromatic hydroxyl groups is 1. The number of phenols is 1. The van der Waals surface area contributed by atoms with Gasteiger partial charge in [-0.15, -0.1) is 0 Å². The Morgan fingerprint density at radius 1 is 1.53 bits per heavy atom. The van der Waals surface area contributed by atoms with Gasteiger partial charge in [0.05, 0.1) is 11.6 Å². The van der Waals surface area contributed by atoms with E-state index in [0.29, 0.717) is 0 Å². The zero-order valence-corrected chi connectivity index (χ0v) is 9.01. The first-order valence-electron chi connectivity index (χ1n) is 3.81. The standard InChI is InChI=1S/C8H7ClN2O3S/c9-15(13,14)8-6(4-11)5(3-10)1-2-7(8)12/h1-2,12H,4,11H2. The van der Waals surface area contributed by atoms with Crippen molar-refractivity contribution in [1.29, 1.82) is 5.26 Å². The number of nitrogens with two attached hydrogens (primary N) is 1. The third kappa shape index (κ3) is 2.21. The molecule has 5 nitrogen and oxygen atoms in total. The molecule has 3 N–H and O–H groups in total. The number of phenolic OH excluding ortho intramolecular Hbond substituents is 1. The second-order valence-corrected chi connectivity index (χ2v) is 5.20. The van der Waals surface area contributed by atoms with Crippen LogP contribution in [-0.4, -0.2) is 13.5 Å². The lowest BCUT2D eigenvalue weighted by Gasteiger charge is -2.08. The van der Waals surface area contributed by atoms with E-state index in [1.165, 1.54) is 6.07 Å². The number of hydrogen-bond donors (Lipinski definition) is 2. The molecule has 80 valence electrons. The second-order valence-electron chi connectivity index (χ2n) is 2.69. The molecular formula is C8H7ClN2O3S. The van der Waals surface area contributed by atoms with Crippen molar-refractivity contribution in [3.63, 3.8) is 0 Å². The average Bonchev–Trinajstić information content (AvgIpc) is 2.15. The SMILES string of the molecule is N#Cc1ccc(O)c(S(=O)(=O)Cl)c1CN. The van der Waals surface area contributed by atoms with Gasteiger partial charge in [0.25, 0.3) is 9.05 Å². The molecule has 0 unspecified atom stereocenters. The van der Waals surface area contributed by atoms with Crippen molar-refractivity contribution in [3.8, 4) is 11.8 Å². The summed E-state index contributed by atoms with van der Waals surface area (Å²) in [5.74, 6) is -0.510. The molecular weight excluding hydrogens is 240 g/mol. The first-order chi connectivity index (χ1) is 6.91. The van der Waals surface area contributed by atoms with E-state index in [1.54, 1.807) is 6.07 Å². The van der Waals surface area contributed by atoms with Gasteiger partial charge in [0.2, 0.25) is 0 Å². The van der Waals surface area contributed by atoms with Gasteiger partial charge < -0.3 is 10.8 Å². The van der Waals surface area contributed by atoms with Gasteiger partial charge in [-0.2, -0.15) is 5.26 Å². The van der Waals surface area contributed by atoms with Crippen LogP contribution < -0.4 is 5.73 Å². The highest BCUT2D eigenvalue weighted by atomic mass is 35.7. The molecule has 1 aromatic rings. The van der Waals surface area contributed by atoms with Crippen LogP contribution in [0.25, 0.3) is 0 Å². The summed E-state index contributed by atoms with van der Waals surface area (Å²) >= 11 is 0. The molecule has 0 heterocycles. The van der Waals surface area contributed by atoms with Crippen LogP contribution in [0.15, 0.2) is 17.0 Å². The molecule has 0 aliphatic heterocycles. The fourth-order valence-electron chi connectivity index (χ4n) is 1.19. The third-order valence-electron chi connectivity index (χ3n) is 1.81. The summed E-state index contributed by atoms with van der Waals surface area (Å²) in [6.45, 7) is -0.196. The minimum Gasteiger partial charge on any atom is -0.507 e. The molecule has 0 aliphatic rings. The van der Waals surface area contributed by atoms with Crippen molar-refractivity contribution in [3.05, 3.63) is 23.3 Å². The van der Waals surface area contributed by atoms with Gasteiger partial charge in [-0.1, -0.05) is 0 Å². The maximum atomic E-state index is 11.1. The zero-order chi connectivity index (χ0) is 11.6. The molecule has 0 saturated carbocycles. The molecule has 0 spiro atoms. The van der Waals surface area contributed by atoms with Crippen molar-refractivity contribution in [1.82, 2.24) is 0 Å². The third-order valence-corrected chi connectivity index (χ3v) is 3.21. The summed E-state index contributed by atoms with van der Waals surface area (Å²) in [6, 6.07) is 4.14. The van der Waals surface area contributed by atoms with Crippen molar-refractivity contribution in [2.75, 3.05) is 0 Å². The monoisotopic (exact) mass is 246 g/mol. The second kappa shape index (κ2) is 4.06. The number of nitrogens with zero attached hydrogens (tertiary/aromatic N) is 1. The fourth-order valence-corrected chi connectivity index (χ4v) is 2.52. The quantitative estimate of drug-likeness (QED) is 0.746. The Morgan fingerprint density at radius 2 is 2.13 bits per heavy atom. The first kappa shape index (κ1) is 11.8. The minimum atomic E-state index is -4.12. The van der Waals surface area contributed by atoms with Crippen molar-refractivity contribution in [2.24, 2.45) is 5.73 Å². The van der Waals surface area contributed by atoms with Gasteiger partial charge in [0.15, 0.2) is 0 Å². The Bertz CT molecular complexity index is 534. The predicted molar refractivity (Wildman–Crippen MR) is 53.8 cm³/mol. The molecule has 0 amide bonds. The summed E-state index contributed by atoms with van der Waals surface area (Å²) < 4.78 is 22.3. The minimum absolute atomic E-state index is 0.0208. The molecule has 0 saturated heterocycles. The molecule has 1 aromatic carbocycles. The van der Waals surface area contributed by atoms with Crippen LogP contribution in [0.2, 0.25) is 0 Å². The summed E-state index contributed by atoms with van der Waals surface area (Å²) in [7, 11) is 1.01. The van der Waals surface area contributed by atoms with E-state index in [9.17, 15) is 13.5 Å². The molecule has 0 bridgehead atoms. The lowest BCUT2D eigenvalue weighted by molar-refractivity contribution is 0.457. The Labute approximate surface area is 91.1 Å². The molecule has 0 fully saturated rings. The van der Waals surface area contributed by atoms with E-state index < -0.39 is 19.7 Å². The normalized spacial score (nSPS) is 11.0. The number of benzene rings is 1. The van der Waals surface area contributed by atoms with Crippen LogP contribution in [0, 0.1) is 11.3 Å². The number of halogens is 1. The van der Waals surface area contributed by atoms with E-state index in [4.69, 9.17) is 21.7 Å². The van der Waals surface area contributed by atoms with Crippen LogP contribution in [0.1, 0.15) is 11.1 Å². The number of hydrogen-bond acceptors (Lipinski definition) is 5. The Hall–Kier alpha value is -1.29. The summed E-state index contributed by atoms with van der Waals surface area (Å²) in [5, 5.41) is 18.1. The molecule has 1 rings (SSSR count). The van der Waals surface area contributed by atoms with Gasteiger partial charge in [-0.3, -0.25) is 0 Å². The van der Waals surface area contributed by atoms with Crippen molar-refractivity contribution in [2.45, 2.75) is 11.4 Å². The van der Waals surface area contributed by atoms with E-state index in [0.717, 1.165) is 6.07 Å². The highest BCUT2D eigenvalue weighted by molar-refractivity contribution is 8.13. The molecule has 0 aromatic heterocycles. The highest BCUT2D eigenvalue weighted by Crippen LogP contribution is 2.31. The summed E-state index contributed by atoms with van der Waals surface area (Å²) in [6.07, 6.45) is 0. The lowest BCUT2D eigenvalue weighted by atomic mass is 10.1. The Morgan fingerprint density at radius 3 is 2.53 bits per heavy atom. The lowest BCUT2D eigenvalue weighted by Crippen LogP contribution is -2.06. The maximum Gasteiger partial charge on any atom is 0.265 e. The first-order valence-corrected chi connectivity index (χ1v) is 6.12. The molecule has 0 atom stereocenters.